The van der Waals surface area contributed by atoms with Gasteiger partial charge in [-0.3, -0.25) is 4.90 Å². The minimum absolute atomic E-state index is 0.486. The van der Waals surface area contributed by atoms with Crippen molar-refractivity contribution in [2.24, 2.45) is 47.3 Å². The first-order valence-corrected chi connectivity index (χ1v) is 22.6. The molecule has 0 aromatic carbocycles. The van der Waals surface area contributed by atoms with E-state index in [4.69, 9.17) is 14.2 Å². The smallest absolute Gasteiger partial charge is 0.0766 e. The van der Waals surface area contributed by atoms with E-state index >= 15 is 0 Å². The summed E-state index contributed by atoms with van der Waals surface area (Å²) in [6.07, 6.45) is 35.9. The predicted molar refractivity (Wildman–Crippen MR) is 188 cm³/mol. The Labute approximate surface area is 290 Å². The van der Waals surface area contributed by atoms with Crippen molar-refractivity contribution < 1.29 is 14.2 Å². The Morgan fingerprint density at radius 1 is 0.383 bits per heavy atom. The summed E-state index contributed by atoms with van der Waals surface area (Å²) >= 11 is 2.43. The lowest BCUT2D eigenvalue weighted by Gasteiger charge is -2.54. The van der Waals surface area contributed by atoms with Crippen LogP contribution in [-0.4, -0.2) is 70.1 Å². The van der Waals surface area contributed by atoms with Gasteiger partial charge < -0.3 is 14.2 Å². The van der Waals surface area contributed by atoms with Crippen LogP contribution in [-0.2, 0) is 14.2 Å². The molecule has 0 amide bonds. The van der Waals surface area contributed by atoms with Gasteiger partial charge in [-0.1, -0.05) is 44.9 Å². The topological polar surface area (TPSA) is 30.9 Å². The van der Waals surface area contributed by atoms with Crippen LogP contribution in [0, 0.1) is 47.3 Å². The van der Waals surface area contributed by atoms with Gasteiger partial charge in [0.1, 0.15) is 0 Å². The molecule has 19 atom stereocenters. The van der Waals surface area contributed by atoms with E-state index in [-0.39, 0.29) is 0 Å². The number of thioether (sulfide) groups is 1. The predicted octanol–water partition coefficient (Wildman–Crippen LogP) is 9.18. The van der Waals surface area contributed by atoms with Gasteiger partial charge in [-0.2, -0.15) is 11.8 Å². The fraction of sp³-hybridized carbons (Fsp3) is 1.00. The van der Waals surface area contributed by atoms with E-state index in [1.165, 1.54) is 148 Å². The molecule has 7 aliphatic carbocycles. The summed E-state index contributed by atoms with van der Waals surface area (Å²) in [6, 6.07) is 2.03. The minimum atomic E-state index is 0.486. The van der Waals surface area contributed by atoms with Crippen LogP contribution < -0.4 is 0 Å². The normalized spacial score (nSPS) is 58.0. The van der Waals surface area contributed by atoms with Crippen molar-refractivity contribution in [3.63, 3.8) is 0 Å². The second-order valence-corrected chi connectivity index (χ2v) is 20.7. The van der Waals surface area contributed by atoms with Crippen molar-refractivity contribution in [2.45, 2.75) is 213 Å². The monoisotopic (exact) mass is 663 g/mol. The molecule has 7 saturated carbocycles. The third-order valence-electron chi connectivity index (χ3n) is 17.4. The van der Waals surface area contributed by atoms with Crippen LogP contribution in [0.4, 0.5) is 0 Å². The summed E-state index contributed by atoms with van der Waals surface area (Å²) in [4.78, 5) is 3.30. The van der Waals surface area contributed by atoms with E-state index in [2.05, 4.69) is 16.7 Å². The summed E-state index contributed by atoms with van der Waals surface area (Å²) in [5.41, 5.74) is 0. The Hall–Kier alpha value is 0.190. The first-order chi connectivity index (χ1) is 23.3. The minimum Gasteiger partial charge on any atom is -0.374 e. The van der Waals surface area contributed by atoms with Crippen LogP contribution in [0.15, 0.2) is 0 Å². The summed E-state index contributed by atoms with van der Waals surface area (Å²) in [7, 11) is 0. The Balaban J connectivity index is 0.925. The Morgan fingerprint density at radius 2 is 1.02 bits per heavy atom. The van der Waals surface area contributed by atoms with E-state index in [9.17, 15) is 0 Å². The van der Waals surface area contributed by atoms with Gasteiger partial charge in [0.05, 0.1) is 36.6 Å². The van der Waals surface area contributed by atoms with Crippen molar-refractivity contribution in [1.29, 1.82) is 0 Å². The van der Waals surface area contributed by atoms with Gasteiger partial charge in [0, 0.05) is 40.5 Å². The van der Waals surface area contributed by atoms with Crippen molar-refractivity contribution in [3.8, 4) is 0 Å². The number of hydrogen-bond acceptors (Lipinski definition) is 5. The molecule has 0 radical (unpaired) electrons. The highest BCUT2D eigenvalue weighted by atomic mass is 32.2. The third kappa shape index (κ3) is 4.94. The molecule has 0 bridgehead atoms. The molecule has 0 N–H and O–H groups in total. The maximum atomic E-state index is 7.77. The molecule has 4 saturated heterocycles. The lowest BCUT2D eigenvalue weighted by atomic mass is 9.64. The van der Waals surface area contributed by atoms with E-state index in [1.807, 2.05) is 0 Å². The highest BCUT2D eigenvalue weighted by Crippen LogP contribution is 2.62. The zero-order valence-electron chi connectivity index (χ0n) is 29.3. The van der Waals surface area contributed by atoms with Gasteiger partial charge in [0.2, 0.25) is 0 Å². The number of ether oxygens (including phenoxy) is 3. The SMILES string of the molecule is C1CCC2C(C1)OC1CC(N(C3CCCC4C5CCC6SC7CCCCC7C6C5OC43)C3CCCC4OC5CCCCC5C43)CCC12. The Kier molecular flexibility index (Phi) is 8.13. The molecule has 47 heavy (non-hydrogen) atoms. The second kappa shape index (κ2) is 12.4. The van der Waals surface area contributed by atoms with Crippen LogP contribution in [0.25, 0.3) is 0 Å². The van der Waals surface area contributed by atoms with Gasteiger partial charge >= 0.3 is 0 Å². The molecule has 0 spiro atoms. The van der Waals surface area contributed by atoms with Gasteiger partial charge in [0.25, 0.3) is 0 Å². The van der Waals surface area contributed by atoms with Crippen molar-refractivity contribution in [3.05, 3.63) is 0 Å². The lowest BCUT2D eigenvalue weighted by Crippen LogP contribution is -2.62. The molecule has 0 aromatic heterocycles. The maximum Gasteiger partial charge on any atom is 0.0766 e. The fourth-order valence-corrected chi connectivity index (χ4v) is 17.9. The molecule has 11 aliphatic rings. The number of nitrogens with zero attached hydrogens (tertiary/aromatic N) is 1. The first-order valence-electron chi connectivity index (χ1n) is 21.7. The Bertz CT molecular complexity index is 1150. The van der Waals surface area contributed by atoms with E-state index in [0.717, 1.165) is 57.8 Å². The zero-order valence-corrected chi connectivity index (χ0v) is 30.1. The van der Waals surface area contributed by atoms with Gasteiger partial charge in [-0.25, -0.2) is 0 Å². The second-order valence-electron chi connectivity index (χ2n) is 19.2. The van der Waals surface area contributed by atoms with Crippen LogP contribution in [0.3, 0.4) is 0 Å². The molecular weight excluding hydrogens is 599 g/mol. The number of hydrogen-bond donors (Lipinski definition) is 0. The molecule has 11 rings (SSSR count). The molecule has 4 nitrogen and oxygen atoms in total. The Morgan fingerprint density at radius 3 is 1.94 bits per heavy atom. The molecule has 4 aliphatic heterocycles. The van der Waals surface area contributed by atoms with Gasteiger partial charge in [0.15, 0.2) is 0 Å². The standard InChI is InChI=1S/C42H65NO3S/c1-4-15-33-25(9-1)26-20-19-24(23-36(26)45-33)43(31-13-8-17-35-39(31)29-10-2-5-16-34(29)44-35)32-14-7-12-27-28-21-22-38-40(42(28)46-41(27)32)30-11-3-6-18-37(30)47-38/h24-42H,1-23H2. The third-order valence-corrected chi connectivity index (χ3v) is 19.3. The quantitative estimate of drug-likeness (QED) is 0.301. The maximum absolute atomic E-state index is 7.77. The first kappa shape index (κ1) is 30.8. The number of rotatable bonds is 3. The van der Waals surface area contributed by atoms with Gasteiger partial charge in [-0.05, 0) is 138 Å². The molecule has 0 aromatic rings. The molecule has 19 unspecified atom stereocenters. The molecule has 4 heterocycles. The summed E-state index contributed by atoms with van der Waals surface area (Å²) < 4.78 is 21.9. The van der Waals surface area contributed by atoms with Gasteiger partial charge in [-0.15, -0.1) is 0 Å². The van der Waals surface area contributed by atoms with Crippen molar-refractivity contribution in [2.75, 3.05) is 0 Å². The highest BCUT2D eigenvalue weighted by Gasteiger charge is 2.62. The van der Waals surface area contributed by atoms with E-state index in [0.29, 0.717) is 54.7 Å². The van der Waals surface area contributed by atoms with Crippen LogP contribution in [0.1, 0.15) is 148 Å². The van der Waals surface area contributed by atoms with Crippen LogP contribution >= 0.6 is 11.8 Å². The molecule has 11 fully saturated rings. The largest absolute Gasteiger partial charge is 0.374 e. The average molecular weight is 664 g/mol. The summed E-state index contributed by atoms with van der Waals surface area (Å²) in [5.74, 6) is 6.78. The van der Waals surface area contributed by atoms with E-state index in [1.54, 1.807) is 0 Å². The highest BCUT2D eigenvalue weighted by molar-refractivity contribution is 8.00. The molecule has 262 valence electrons. The van der Waals surface area contributed by atoms with Crippen LogP contribution in [0.5, 0.6) is 0 Å². The summed E-state index contributed by atoms with van der Waals surface area (Å²) in [6.45, 7) is 0. The van der Waals surface area contributed by atoms with Crippen LogP contribution in [0.2, 0.25) is 0 Å². The zero-order chi connectivity index (χ0) is 30.6. The lowest BCUT2D eigenvalue weighted by molar-refractivity contribution is -0.118. The fourth-order valence-electron chi connectivity index (χ4n) is 15.9. The van der Waals surface area contributed by atoms with Crippen molar-refractivity contribution >= 4 is 11.8 Å². The van der Waals surface area contributed by atoms with Crippen molar-refractivity contribution in [1.82, 2.24) is 4.90 Å². The molecule has 5 heteroatoms. The molecular formula is C42H65NO3S. The summed E-state index contributed by atoms with van der Waals surface area (Å²) in [5, 5.41) is 1.85. The average Bonchev–Trinajstić information content (AvgIpc) is 3.88. The number of fused-ring (bicyclic) bond motifs is 13. The van der Waals surface area contributed by atoms with E-state index < -0.39 is 0 Å².